The SMILES string of the molecule is CN1CC(=O)N2C(Cc3c([nH]c4c3ccc3ccccc34)[C@H]2c2ccc3c(c2)OCO3)C1=O. The Kier molecular flexibility index (Phi) is 3.66. The van der Waals surface area contributed by atoms with Crippen molar-refractivity contribution in [1.29, 1.82) is 0 Å². The second kappa shape index (κ2) is 6.51. The number of carbonyl (C=O) groups is 2. The van der Waals surface area contributed by atoms with Gasteiger partial charge in [-0.1, -0.05) is 42.5 Å². The molecule has 7 nitrogen and oxygen atoms in total. The third kappa shape index (κ3) is 2.50. The van der Waals surface area contributed by atoms with E-state index in [2.05, 4.69) is 29.2 Å². The van der Waals surface area contributed by atoms with Crippen molar-refractivity contribution in [3.63, 3.8) is 0 Å². The molecule has 164 valence electrons. The van der Waals surface area contributed by atoms with Crippen LogP contribution < -0.4 is 9.47 Å². The average molecular weight is 439 g/mol. The van der Waals surface area contributed by atoms with Crippen molar-refractivity contribution in [3.05, 3.63) is 71.4 Å². The zero-order chi connectivity index (χ0) is 22.3. The molecular formula is C26H21N3O4. The predicted octanol–water partition coefficient (Wildman–Crippen LogP) is 3.36. The lowest BCUT2D eigenvalue weighted by Gasteiger charge is -2.46. The standard InChI is InChI=1S/C26H21N3O4/c1-28-12-22(30)29-19(26(28)31)11-18-17-8-6-14-4-2-3-5-16(14)23(17)27-24(18)25(29)15-7-9-20-21(10-15)33-13-32-20/h2-10,19,25,27H,11-13H2,1H3/t19?,25-/m1/s1. The molecule has 2 amide bonds. The molecule has 0 bridgehead atoms. The first-order valence-corrected chi connectivity index (χ1v) is 11.1. The Labute approximate surface area is 189 Å². The van der Waals surface area contributed by atoms with Crippen LogP contribution in [0.15, 0.2) is 54.6 Å². The van der Waals surface area contributed by atoms with E-state index < -0.39 is 12.1 Å². The maximum atomic E-state index is 13.3. The van der Waals surface area contributed by atoms with Crippen LogP contribution in [0.25, 0.3) is 21.7 Å². The molecule has 3 aromatic carbocycles. The third-order valence-corrected chi connectivity index (χ3v) is 7.16. The molecule has 0 spiro atoms. The number of aromatic amines is 1. The van der Waals surface area contributed by atoms with Gasteiger partial charge in [0.05, 0.1) is 18.1 Å². The van der Waals surface area contributed by atoms with Crippen molar-refractivity contribution in [2.24, 2.45) is 0 Å². The summed E-state index contributed by atoms with van der Waals surface area (Å²) < 4.78 is 11.1. The van der Waals surface area contributed by atoms with Gasteiger partial charge in [-0.05, 0) is 28.6 Å². The Balaban J connectivity index is 1.51. The van der Waals surface area contributed by atoms with Crippen LogP contribution in [0, 0.1) is 0 Å². The molecule has 1 aromatic heterocycles. The monoisotopic (exact) mass is 439 g/mol. The first-order chi connectivity index (χ1) is 16.1. The maximum Gasteiger partial charge on any atom is 0.245 e. The number of H-pyrrole nitrogens is 1. The summed E-state index contributed by atoms with van der Waals surface area (Å²) in [4.78, 5) is 33.5. The summed E-state index contributed by atoms with van der Waals surface area (Å²) in [5.41, 5.74) is 3.99. The lowest BCUT2D eigenvalue weighted by Crippen LogP contribution is -2.62. The smallest absolute Gasteiger partial charge is 0.245 e. The molecule has 1 saturated heterocycles. The molecule has 1 fully saturated rings. The van der Waals surface area contributed by atoms with Gasteiger partial charge in [-0.25, -0.2) is 0 Å². The summed E-state index contributed by atoms with van der Waals surface area (Å²) in [6.07, 6.45) is 0.490. The molecule has 1 N–H and O–H groups in total. The number of piperazine rings is 1. The van der Waals surface area contributed by atoms with Crippen molar-refractivity contribution < 1.29 is 19.1 Å². The number of carbonyl (C=O) groups excluding carboxylic acids is 2. The normalized spacial score (nSPS) is 21.6. The van der Waals surface area contributed by atoms with Crippen LogP contribution in [0.2, 0.25) is 0 Å². The highest BCUT2D eigenvalue weighted by Crippen LogP contribution is 2.45. The van der Waals surface area contributed by atoms with Gasteiger partial charge in [-0.3, -0.25) is 9.59 Å². The lowest BCUT2D eigenvalue weighted by atomic mass is 9.86. The summed E-state index contributed by atoms with van der Waals surface area (Å²) in [6, 6.07) is 17.3. The summed E-state index contributed by atoms with van der Waals surface area (Å²) in [5.74, 6) is 1.26. The van der Waals surface area contributed by atoms with E-state index in [-0.39, 0.29) is 25.2 Å². The third-order valence-electron chi connectivity index (χ3n) is 7.16. The minimum absolute atomic E-state index is 0.0267. The van der Waals surface area contributed by atoms with E-state index >= 15 is 0 Å². The molecular weight excluding hydrogens is 418 g/mol. The van der Waals surface area contributed by atoms with Gasteiger partial charge in [0.1, 0.15) is 6.04 Å². The van der Waals surface area contributed by atoms with Crippen LogP contribution in [0.1, 0.15) is 22.9 Å². The van der Waals surface area contributed by atoms with Crippen molar-refractivity contribution in [1.82, 2.24) is 14.8 Å². The fourth-order valence-electron chi connectivity index (χ4n) is 5.63. The number of amides is 2. The molecule has 7 heteroatoms. The van der Waals surface area contributed by atoms with Crippen molar-refractivity contribution in [3.8, 4) is 11.5 Å². The predicted molar refractivity (Wildman–Crippen MR) is 122 cm³/mol. The van der Waals surface area contributed by atoms with Gasteiger partial charge < -0.3 is 24.3 Å². The second-order valence-electron chi connectivity index (χ2n) is 8.96. The number of fused-ring (bicyclic) bond motifs is 7. The number of hydrogen-bond donors (Lipinski definition) is 1. The van der Waals surface area contributed by atoms with E-state index in [4.69, 9.17) is 9.47 Å². The van der Waals surface area contributed by atoms with Crippen molar-refractivity contribution >= 4 is 33.5 Å². The zero-order valence-electron chi connectivity index (χ0n) is 18.0. The number of nitrogens with zero attached hydrogens (tertiary/aromatic N) is 2. The minimum atomic E-state index is -0.537. The maximum absolute atomic E-state index is 13.3. The zero-order valence-corrected chi connectivity index (χ0v) is 18.0. The average Bonchev–Trinajstić information content (AvgIpc) is 3.45. The van der Waals surface area contributed by atoms with E-state index in [0.29, 0.717) is 17.9 Å². The summed E-state index contributed by atoms with van der Waals surface area (Å²) in [6.45, 7) is 0.260. The van der Waals surface area contributed by atoms with Gasteiger partial charge in [0.2, 0.25) is 18.6 Å². The summed E-state index contributed by atoms with van der Waals surface area (Å²) >= 11 is 0. The highest BCUT2D eigenvalue weighted by atomic mass is 16.7. The molecule has 3 aliphatic heterocycles. The molecule has 4 aromatic rings. The number of rotatable bonds is 1. The van der Waals surface area contributed by atoms with Crippen LogP contribution in [0.5, 0.6) is 11.5 Å². The Morgan fingerprint density at radius 1 is 0.970 bits per heavy atom. The number of nitrogens with one attached hydrogen (secondary N) is 1. The van der Waals surface area contributed by atoms with Gasteiger partial charge in [-0.2, -0.15) is 0 Å². The Bertz CT molecular complexity index is 1490. The van der Waals surface area contributed by atoms with Gasteiger partial charge in [0, 0.05) is 29.9 Å². The molecule has 4 heterocycles. The summed E-state index contributed by atoms with van der Waals surface area (Å²) in [5, 5.41) is 3.37. The lowest BCUT2D eigenvalue weighted by molar-refractivity contribution is -0.157. The fourth-order valence-corrected chi connectivity index (χ4v) is 5.63. The quantitative estimate of drug-likeness (QED) is 0.494. The fraction of sp³-hybridized carbons (Fsp3) is 0.231. The van der Waals surface area contributed by atoms with Crippen LogP contribution in [-0.2, 0) is 16.0 Å². The highest BCUT2D eigenvalue weighted by Gasteiger charge is 2.47. The largest absolute Gasteiger partial charge is 0.454 e. The molecule has 0 saturated carbocycles. The van der Waals surface area contributed by atoms with E-state index in [1.807, 2.05) is 30.3 Å². The van der Waals surface area contributed by atoms with Crippen LogP contribution in [0.4, 0.5) is 0 Å². The van der Waals surface area contributed by atoms with Gasteiger partial charge >= 0.3 is 0 Å². The summed E-state index contributed by atoms with van der Waals surface area (Å²) in [7, 11) is 1.70. The van der Waals surface area contributed by atoms with Gasteiger partial charge in [-0.15, -0.1) is 0 Å². The Hall–Kier alpha value is -4.00. The highest BCUT2D eigenvalue weighted by molar-refractivity contribution is 6.08. The number of aromatic nitrogens is 1. The van der Waals surface area contributed by atoms with Crippen LogP contribution in [-0.4, -0.2) is 53.0 Å². The van der Waals surface area contributed by atoms with E-state index in [1.165, 1.54) is 4.90 Å². The number of benzene rings is 3. The Morgan fingerprint density at radius 2 is 1.82 bits per heavy atom. The van der Waals surface area contributed by atoms with Crippen LogP contribution in [0.3, 0.4) is 0 Å². The first-order valence-electron chi connectivity index (χ1n) is 11.1. The van der Waals surface area contributed by atoms with Crippen molar-refractivity contribution in [2.45, 2.75) is 18.5 Å². The molecule has 7 rings (SSSR count). The minimum Gasteiger partial charge on any atom is -0.454 e. The number of hydrogen-bond acceptors (Lipinski definition) is 4. The molecule has 0 radical (unpaired) electrons. The first kappa shape index (κ1) is 18.6. The Morgan fingerprint density at radius 3 is 2.73 bits per heavy atom. The van der Waals surface area contributed by atoms with E-state index in [0.717, 1.165) is 38.5 Å². The van der Waals surface area contributed by atoms with E-state index in [9.17, 15) is 9.59 Å². The number of ether oxygens (including phenoxy) is 2. The van der Waals surface area contributed by atoms with Gasteiger partial charge in [0.25, 0.3) is 0 Å². The second-order valence-corrected chi connectivity index (χ2v) is 8.96. The molecule has 2 atom stereocenters. The van der Waals surface area contributed by atoms with E-state index in [1.54, 1.807) is 11.9 Å². The topological polar surface area (TPSA) is 74.9 Å². The van der Waals surface area contributed by atoms with Gasteiger partial charge in [0.15, 0.2) is 11.5 Å². The van der Waals surface area contributed by atoms with Crippen molar-refractivity contribution in [2.75, 3.05) is 20.4 Å². The molecule has 1 unspecified atom stereocenters. The molecule has 3 aliphatic rings. The number of likely N-dealkylation sites (N-methyl/N-ethyl adjacent to an activating group) is 1. The molecule has 33 heavy (non-hydrogen) atoms. The van der Waals surface area contributed by atoms with Crippen LogP contribution >= 0.6 is 0 Å². The molecule has 0 aliphatic carbocycles.